The summed E-state index contributed by atoms with van der Waals surface area (Å²) in [5.74, 6) is -1.19. The van der Waals surface area contributed by atoms with Gasteiger partial charge in [0, 0.05) is 6.54 Å². The Morgan fingerprint density at radius 2 is 2.35 bits per heavy atom. The van der Waals surface area contributed by atoms with Gasteiger partial charge in [-0.15, -0.1) is 0 Å². The van der Waals surface area contributed by atoms with Gasteiger partial charge in [-0.05, 0) is 25.3 Å². The molecule has 1 amide bonds. The maximum Gasteiger partial charge on any atom is 0.329 e. The van der Waals surface area contributed by atoms with E-state index in [0.29, 0.717) is 24.9 Å². The minimum atomic E-state index is -1.05. The molecule has 0 radical (unpaired) electrons. The minimum Gasteiger partial charge on any atom is -0.479 e. The molecule has 2 heterocycles. The fourth-order valence-corrected chi connectivity index (χ4v) is 2.46. The van der Waals surface area contributed by atoms with E-state index in [0.717, 1.165) is 6.42 Å². The van der Waals surface area contributed by atoms with Gasteiger partial charge < -0.3 is 14.4 Å². The minimum absolute atomic E-state index is 0.263. The van der Waals surface area contributed by atoms with Crippen molar-refractivity contribution in [2.45, 2.75) is 31.7 Å². The molecular formula is C12H15NO4. The topological polar surface area (TPSA) is 70.8 Å². The fourth-order valence-electron chi connectivity index (χ4n) is 2.46. The summed E-state index contributed by atoms with van der Waals surface area (Å²) in [6.07, 6.45) is 4.43. The van der Waals surface area contributed by atoms with Crippen molar-refractivity contribution in [3.05, 3.63) is 24.2 Å². The molecule has 17 heavy (non-hydrogen) atoms. The zero-order valence-corrected chi connectivity index (χ0v) is 9.68. The standard InChI is InChI=1S/C12H15NO4/c1-2-12(11(15)16)5-3-6-13(12)10(14)9-4-7-17-8-9/h4,7-8H,2-3,5-6H2,1H3,(H,15,16). The van der Waals surface area contributed by atoms with Crippen LogP contribution in [-0.4, -0.2) is 34.0 Å². The highest BCUT2D eigenvalue weighted by atomic mass is 16.4. The number of likely N-dealkylation sites (tertiary alicyclic amines) is 1. The summed E-state index contributed by atoms with van der Waals surface area (Å²) in [5.41, 5.74) is -0.639. The molecule has 2 rings (SSSR count). The van der Waals surface area contributed by atoms with Crippen LogP contribution in [0, 0.1) is 0 Å². The summed E-state index contributed by atoms with van der Waals surface area (Å²) < 4.78 is 4.86. The summed E-state index contributed by atoms with van der Waals surface area (Å²) in [5, 5.41) is 9.36. The van der Waals surface area contributed by atoms with E-state index < -0.39 is 11.5 Å². The maximum absolute atomic E-state index is 12.2. The van der Waals surface area contributed by atoms with Gasteiger partial charge in [0.05, 0.1) is 11.8 Å². The largest absolute Gasteiger partial charge is 0.479 e. The monoisotopic (exact) mass is 237 g/mol. The molecule has 0 spiro atoms. The second-order valence-corrected chi connectivity index (χ2v) is 4.26. The van der Waals surface area contributed by atoms with Crippen molar-refractivity contribution in [1.29, 1.82) is 0 Å². The maximum atomic E-state index is 12.2. The molecule has 0 bridgehead atoms. The summed E-state index contributed by atoms with van der Waals surface area (Å²) in [6.45, 7) is 2.29. The van der Waals surface area contributed by atoms with Crippen molar-refractivity contribution in [2.75, 3.05) is 6.54 Å². The van der Waals surface area contributed by atoms with Gasteiger partial charge in [0.15, 0.2) is 0 Å². The zero-order chi connectivity index (χ0) is 12.5. The lowest BCUT2D eigenvalue weighted by Crippen LogP contribution is -2.52. The van der Waals surface area contributed by atoms with Gasteiger partial charge in [-0.3, -0.25) is 4.79 Å². The Morgan fingerprint density at radius 1 is 1.59 bits per heavy atom. The Bertz CT molecular complexity index is 426. The Morgan fingerprint density at radius 3 is 2.88 bits per heavy atom. The molecule has 0 saturated carbocycles. The molecule has 1 aromatic heterocycles. The van der Waals surface area contributed by atoms with Crippen molar-refractivity contribution >= 4 is 11.9 Å². The van der Waals surface area contributed by atoms with E-state index in [2.05, 4.69) is 0 Å². The van der Waals surface area contributed by atoms with Gasteiger partial charge in [-0.25, -0.2) is 4.79 Å². The first kappa shape index (κ1) is 11.7. The summed E-state index contributed by atoms with van der Waals surface area (Å²) in [4.78, 5) is 25.1. The number of hydrogen-bond donors (Lipinski definition) is 1. The molecule has 1 fully saturated rings. The molecule has 1 N–H and O–H groups in total. The number of aliphatic carboxylic acids is 1. The number of carboxylic acids is 1. The van der Waals surface area contributed by atoms with E-state index in [1.165, 1.54) is 17.4 Å². The van der Waals surface area contributed by atoms with Crippen LogP contribution in [0.15, 0.2) is 23.0 Å². The first-order chi connectivity index (χ1) is 8.12. The van der Waals surface area contributed by atoms with Crippen molar-refractivity contribution in [2.24, 2.45) is 0 Å². The molecule has 5 heteroatoms. The van der Waals surface area contributed by atoms with Gasteiger partial charge >= 0.3 is 5.97 Å². The third-order valence-electron chi connectivity index (χ3n) is 3.49. The second kappa shape index (κ2) is 4.24. The number of carbonyl (C=O) groups excluding carboxylic acids is 1. The molecule has 1 aliphatic heterocycles. The number of hydrogen-bond acceptors (Lipinski definition) is 3. The van der Waals surface area contributed by atoms with Crippen LogP contribution in [0.25, 0.3) is 0 Å². The van der Waals surface area contributed by atoms with Crippen LogP contribution in [-0.2, 0) is 4.79 Å². The van der Waals surface area contributed by atoms with Crippen molar-refractivity contribution in [3.8, 4) is 0 Å². The third kappa shape index (κ3) is 1.71. The Hall–Kier alpha value is -1.78. The second-order valence-electron chi connectivity index (χ2n) is 4.26. The summed E-state index contributed by atoms with van der Waals surface area (Å²) >= 11 is 0. The molecule has 92 valence electrons. The molecule has 1 unspecified atom stereocenters. The van der Waals surface area contributed by atoms with E-state index in [9.17, 15) is 14.7 Å². The van der Waals surface area contributed by atoms with Crippen LogP contribution in [0.2, 0.25) is 0 Å². The van der Waals surface area contributed by atoms with Gasteiger partial charge in [-0.2, -0.15) is 0 Å². The van der Waals surface area contributed by atoms with Gasteiger partial charge in [0.25, 0.3) is 5.91 Å². The quantitative estimate of drug-likeness (QED) is 0.869. The first-order valence-electron chi connectivity index (χ1n) is 5.69. The van der Waals surface area contributed by atoms with Crippen LogP contribution in [0.3, 0.4) is 0 Å². The third-order valence-corrected chi connectivity index (χ3v) is 3.49. The number of nitrogens with zero attached hydrogens (tertiary/aromatic N) is 1. The van der Waals surface area contributed by atoms with Crippen LogP contribution in [0.5, 0.6) is 0 Å². The number of carboxylic acid groups (broad SMARTS) is 1. The van der Waals surface area contributed by atoms with E-state index in [-0.39, 0.29) is 5.91 Å². The van der Waals surface area contributed by atoms with Gasteiger partial charge in [0.1, 0.15) is 11.8 Å². The predicted molar refractivity (Wildman–Crippen MR) is 59.6 cm³/mol. The van der Waals surface area contributed by atoms with Crippen LogP contribution in [0.4, 0.5) is 0 Å². The molecule has 5 nitrogen and oxygen atoms in total. The highest BCUT2D eigenvalue weighted by molar-refractivity contribution is 5.98. The number of furan rings is 1. The zero-order valence-electron chi connectivity index (χ0n) is 9.68. The number of rotatable bonds is 3. The average Bonchev–Trinajstić information content (AvgIpc) is 2.97. The lowest BCUT2D eigenvalue weighted by atomic mass is 9.92. The van der Waals surface area contributed by atoms with E-state index >= 15 is 0 Å². The van der Waals surface area contributed by atoms with Crippen molar-refractivity contribution < 1.29 is 19.1 Å². The molecule has 0 aromatic carbocycles. The summed E-state index contributed by atoms with van der Waals surface area (Å²) in [6, 6.07) is 1.56. The number of carbonyl (C=O) groups is 2. The Kier molecular flexibility index (Phi) is 2.92. The molecule has 1 aliphatic rings. The van der Waals surface area contributed by atoms with Crippen LogP contribution in [0.1, 0.15) is 36.5 Å². The van der Waals surface area contributed by atoms with E-state index in [1.807, 2.05) is 0 Å². The fraction of sp³-hybridized carbons (Fsp3) is 0.500. The summed E-state index contributed by atoms with van der Waals surface area (Å²) in [7, 11) is 0. The van der Waals surface area contributed by atoms with Crippen molar-refractivity contribution in [3.63, 3.8) is 0 Å². The molecule has 1 aromatic rings. The van der Waals surface area contributed by atoms with Crippen LogP contribution >= 0.6 is 0 Å². The molecule has 1 saturated heterocycles. The predicted octanol–water partition coefficient (Wildman–Crippen LogP) is 1.75. The highest BCUT2D eigenvalue weighted by Gasteiger charge is 2.48. The normalized spacial score (nSPS) is 23.9. The average molecular weight is 237 g/mol. The van der Waals surface area contributed by atoms with Gasteiger partial charge in [0.2, 0.25) is 0 Å². The SMILES string of the molecule is CCC1(C(=O)O)CCCN1C(=O)c1ccoc1. The van der Waals surface area contributed by atoms with Crippen LogP contribution < -0.4 is 0 Å². The Balaban J connectivity index is 2.31. The first-order valence-corrected chi connectivity index (χ1v) is 5.69. The number of amides is 1. The van der Waals surface area contributed by atoms with Crippen molar-refractivity contribution in [1.82, 2.24) is 4.90 Å². The Labute approximate surface area is 99.0 Å². The lowest BCUT2D eigenvalue weighted by Gasteiger charge is -2.33. The smallest absolute Gasteiger partial charge is 0.329 e. The lowest BCUT2D eigenvalue weighted by molar-refractivity contribution is -0.148. The van der Waals surface area contributed by atoms with Gasteiger partial charge in [-0.1, -0.05) is 6.92 Å². The van der Waals surface area contributed by atoms with E-state index in [1.54, 1.807) is 13.0 Å². The van der Waals surface area contributed by atoms with E-state index in [4.69, 9.17) is 4.42 Å². The molecular weight excluding hydrogens is 222 g/mol. The molecule has 1 atom stereocenters. The molecule has 0 aliphatic carbocycles. The highest BCUT2D eigenvalue weighted by Crippen LogP contribution is 2.34.